The molecule has 4 rings (SSSR count). The molecule has 0 spiro atoms. The number of nitrogens with one attached hydrogen (secondary N) is 1. The number of fused-ring (bicyclic) bond motifs is 1. The first-order valence-electron chi connectivity index (χ1n) is 10.5. The van der Waals surface area contributed by atoms with E-state index in [0.29, 0.717) is 17.7 Å². The summed E-state index contributed by atoms with van der Waals surface area (Å²) in [6.07, 6.45) is 1.76. The van der Waals surface area contributed by atoms with Crippen molar-refractivity contribution in [3.05, 3.63) is 60.3 Å². The summed E-state index contributed by atoms with van der Waals surface area (Å²) < 4.78 is 34.9. The second-order valence-corrected chi connectivity index (χ2v) is 9.38. The summed E-state index contributed by atoms with van der Waals surface area (Å²) in [5, 5.41) is 1.43. The molecular formula is C23H28N4O3S. The summed E-state index contributed by atoms with van der Waals surface area (Å²) >= 11 is 0. The Bertz CT molecular complexity index is 1160. The average molecular weight is 441 g/mol. The van der Waals surface area contributed by atoms with Gasteiger partial charge in [0.1, 0.15) is 11.6 Å². The van der Waals surface area contributed by atoms with Gasteiger partial charge in [0.05, 0.1) is 11.5 Å². The minimum absolute atomic E-state index is 0.180. The molecule has 1 aliphatic rings. The average Bonchev–Trinajstić information content (AvgIpc) is 2.79. The number of sulfonamides is 1. The second-order valence-electron chi connectivity index (χ2n) is 7.64. The van der Waals surface area contributed by atoms with Gasteiger partial charge < -0.3 is 14.5 Å². The highest BCUT2D eigenvalue weighted by Gasteiger charge is 2.22. The minimum atomic E-state index is -3.73. The number of likely N-dealkylation sites (N-methyl/N-ethyl adjacent to an activating group) is 1. The van der Waals surface area contributed by atoms with Crippen molar-refractivity contribution in [3.8, 4) is 5.75 Å². The molecule has 0 saturated carbocycles. The lowest BCUT2D eigenvalue weighted by molar-refractivity contribution is 0.312. The third-order valence-electron chi connectivity index (χ3n) is 5.56. The van der Waals surface area contributed by atoms with Crippen molar-refractivity contribution in [1.82, 2.24) is 14.6 Å². The monoisotopic (exact) mass is 440 g/mol. The van der Waals surface area contributed by atoms with Crippen molar-refractivity contribution < 1.29 is 13.2 Å². The molecule has 0 bridgehead atoms. The molecule has 0 amide bonds. The molecule has 1 fully saturated rings. The van der Waals surface area contributed by atoms with Gasteiger partial charge in [0.25, 0.3) is 0 Å². The fourth-order valence-electron chi connectivity index (χ4n) is 3.88. The van der Waals surface area contributed by atoms with Crippen molar-refractivity contribution in [3.63, 3.8) is 0 Å². The lowest BCUT2D eigenvalue weighted by Gasteiger charge is -2.34. The molecule has 1 aliphatic heterocycles. The van der Waals surface area contributed by atoms with Gasteiger partial charge in [0.15, 0.2) is 0 Å². The van der Waals surface area contributed by atoms with Gasteiger partial charge in [0, 0.05) is 55.3 Å². The summed E-state index contributed by atoms with van der Waals surface area (Å²) in [7, 11) is -1.63. The number of pyridine rings is 1. The van der Waals surface area contributed by atoms with E-state index < -0.39 is 10.0 Å². The Balaban J connectivity index is 1.60. The van der Waals surface area contributed by atoms with E-state index in [1.165, 1.54) is 0 Å². The summed E-state index contributed by atoms with van der Waals surface area (Å²) in [4.78, 5) is 9.28. The highest BCUT2D eigenvalue weighted by atomic mass is 32.2. The molecule has 164 valence electrons. The van der Waals surface area contributed by atoms with Gasteiger partial charge >= 0.3 is 0 Å². The fraction of sp³-hybridized carbons (Fsp3) is 0.348. The predicted molar refractivity (Wildman–Crippen MR) is 123 cm³/mol. The number of ether oxygens (including phenoxy) is 1. The molecular weight excluding hydrogens is 412 g/mol. The van der Waals surface area contributed by atoms with Crippen LogP contribution >= 0.6 is 0 Å². The highest BCUT2D eigenvalue weighted by Crippen LogP contribution is 2.31. The van der Waals surface area contributed by atoms with Crippen LogP contribution < -0.4 is 14.4 Å². The van der Waals surface area contributed by atoms with Gasteiger partial charge in [-0.05, 0) is 32.2 Å². The summed E-state index contributed by atoms with van der Waals surface area (Å²) in [6, 6.07) is 14.5. The van der Waals surface area contributed by atoms with Crippen molar-refractivity contribution in [2.45, 2.75) is 18.4 Å². The van der Waals surface area contributed by atoms with E-state index in [1.807, 2.05) is 43.3 Å². The normalized spacial score (nSPS) is 15.4. The summed E-state index contributed by atoms with van der Waals surface area (Å²) in [5.74, 6) is 1.52. The number of nitrogens with zero attached hydrogens (tertiary/aromatic N) is 3. The van der Waals surface area contributed by atoms with Crippen LogP contribution in [-0.2, 0) is 16.6 Å². The highest BCUT2D eigenvalue weighted by molar-refractivity contribution is 7.89. The molecule has 0 atom stereocenters. The molecule has 2 heterocycles. The van der Waals surface area contributed by atoms with Gasteiger partial charge in [-0.2, -0.15) is 0 Å². The molecule has 0 unspecified atom stereocenters. The lowest BCUT2D eigenvalue weighted by atomic mass is 10.1. The number of aromatic nitrogens is 1. The van der Waals surface area contributed by atoms with E-state index in [-0.39, 0.29) is 11.4 Å². The molecule has 8 heteroatoms. The first-order chi connectivity index (χ1) is 15.0. The number of hydrogen-bond acceptors (Lipinski definition) is 6. The van der Waals surface area contributed by atoms with Crippen LogP contribution in [0.25, 0.3) is 10.8 Å². The van der Waals surface area contributed by atoms with Crippen LogP contribution in [0.1, 0.15) is 12.5 Å². The maximum Gasteiger partial charge on any atom is 0.241 e. The van der Waals surface area contributed by atoms with Gasteiger partial charge in [0.2, 0.25) is 10.0 Å². The molecule has 0 radical (unpaired) electrons. The van der Waals surface area contributed by atoms with Crippen LogP contribution in [-0.4, -0.2) is 58.1 Å². The summed E-state index contributed by atoms with van der Waals surface area (Å²) in [5.41, 5.74) is 0.867. The molecule has 0 aliphatic carbocycles. The second kappa shape index (κ2) is 9.21. The third-order valence-corrected chi connectivity index (χ3v) is 7.02. The fourth-order valence-corrected chi connectivity index (χ4v) is 5.10. The van der Waals surface area contributed by atoms with Crippen LogP contribution in [0.3, 0.4) is 0 Å². The zero-order valence-electron chi connectivity index (χ0n) is 17.9. The number of piperazine rings is 1. The molecule has 1 saturated heterocycles. The predicted octanol–water partition coefficient (Wildman–Crippen LogP) is 2.86. The Kier molecular flexibility index (Phi) is 6.41. The first kappa shape index (κ1) is 21.5. The zero-order chi connectivity index (χ0) is 21.8. The quantitative estimate of drug-likeness (QED) is 0.609. The van der Waals surface area contributed by atoms with Crippen LogP contribution in [0.4, 0.5) is 5.82 Å². The largest absolute Gasteiger partial charge is 0.493 e. The van der Waals surface area contributed by atoms with Crippen LogP contribution in [0.5, 0.6) is 5.75 Å². The Hall–Kier alpha value is -2.68. The van der Waals surface area contributed by atoms with Crippen LogP contribution in [0, 0.1) is 0 Å². The topological polar surface area (TPSA) is 74.8 Å². The number of benzene rings is 2. The van der Waals surface area contributed by atoms with E-state index in [1.54, 1.807) is 18.3 Å². The van der Waals surface area contributed by atoms with Crippen molar-refractivity contribution >= 4 is 26.6 Å². The van der Waals surface area contributed by atoms with Gasteiger partial charge in [-0.15, -0.1) is 0 Å². The number of rotatable bonds is 7. The van der Waals surface area contributed by atoms with Crippen LogP contribution in [0.2, 0.25) is 0 Å². The maximum atomic E-state index is 13.2. The van der Waals surface area contributed by atoms with Crippen molar-refractivity contribution in [2.75, 3.05) is 44.7 Å². The standard InChI is InChI=1S/C23H28N4O3S/c1-3-30-21-10-11-22(20-9-5-4-8-19(20)21)31(28,29)25-17-18-7-6-12-24-23(18)27-15-13-26(2)14-16-27/h4-12,25H,3,13-17H2,1-2H3. The third kappa shape index (κ3) is 4.66. The van der Waals surface area contributed by atoms with E-state index >= 15 is 0 Å². The van der Waals surface area contributed by atoms with Crippen molar-refractivity contribution in [2.24, 2.45) is 0 Å². The molecule has 7 nitrogen and oxygen atoms in total. The Morgan fingerprint density at radius 1 is 1.00 bits per heavy atom. The lowest BCUT2D eigenvalue weighted by Crippen LogP contribution is -2.45. The summed E-state index contributed by atoms with van der Waals surface area (Å²) in [6.45, 7) is 6.27. The first-order valence-corrected chi connectivity index (χ1v) is 12.0. The number of hydrogen-bond donors (Lipinski definition) is 1. The smallest absolute Gasteiger partial charge is 0.241 e. The van der Waals surface area contributed by atoms with E-state index in [4.69, 9.17) is 4.74 Å². The van der Waals surface area contributed by atoms with E-state index in [2.05, 4.69) is 26.6 Å². The molecule has 1 aromatic heterocycles. The number of anilines is 1. The van der Waals surface area contributed by atoms with Crippen LogP contribution in [0.15, 0.2) is 59.6 Å². The van der Waals surface area contributed by atoms with Crippen molar-refractivity contribution in [1.29, 1.82) is 0 Å². The molecule has 31 heavy (non-hydrogen) atoms. The Morgan fingerprint density at radius 3 is 2.48 bits per heavy atom. The van der Waals surface area contributed by atoms with Gasteiger partial charge in [-0.1, -0.05) is 30.3 Å². The Morgan fingerprint density at radius 2 is 1.74 bits per heavy atom. The van der Waals surface area contributed by atoms with E-state index in [0.717, 1.165) is 42.9 Å². The molecule has 1 N–H and O–H groups in total. The minimum Gasteiger partial charge on any atom is -0.493 e. The zero-order valence-corrected chi connectivity index (χ0v) is 18.7. The molecule has 3 aromatic rings. The maximum absolute atomic E-state index is 13.2. The van der Waals surface area contributed by atoms with E-state index in [9.17, 15) is 8.42 Å². The van der Waals surface area contributed by atoms with Gasteiger partial charge in [-0.25, -0.2) is 18.1 Å². The molecule has 2 aromatic carbocycles. The van der Waals surface area contributed by atoms with Gasteiger partial charge in [-0.3, -0.25) is 0 Å². The Labute approximate surface area is 183 Å². The SMILES string of the molecule is CCOc1ccc(S(=O)(=O)NCc2cccnc2N2CCN(C)CC2)c2ccccc12.